The lowest BCUT2D eigenvalue weighted by Crippen LogP contribution is -2.28. The third-order valence-corrected chi connectivity index (χ3v) is 5.99. The molecule has 1 atom stereocenters. The Morgan fingerprint density at radius 1 is 1.24 bits per heavy atom. The molecule has 29 heavy (non-hydrogen) atoms. The van der Waals surface area contributed by atoms with E-state index in [4.69, 9.17) is 0 Å². The number of carbonyl (C=O) groups is 2. The van der Waals surface area contributed by atoms with Gasteiger partial charge in [-0.2, -0.15) is 5.10 Å². The van der Waals surface area contributed by atoms with Crippen LogP contribution in [0.5, 0.6) is 0 Å². The number of aryl methyl sites for hydroxylation is 2. The molecule has 0 bridgehead atoms. The van der Waals surface area contributed by atoms with Crippen molar-refractivity contribution in [1.29, 1.82) is 0 Å². The summed E-state index contributed by atoms with van der Waals surface area (Å²) in [5.74, 6) is -0.396. The predicted octanol–water partition coefficient (Wildman–Crippen LogP) is 4.34. The van der Waals surface area contributed by atoms with Gasteiger partial charge in [-0.15, -0.1) is 5.10 Å². The number of amidine groups is 1. The van der Waals surface area contributed by atoms with Crippen LogP contribution in [-0.4, -0.2) is 27.9 Å². The van der Waals surface area contributed by atoms with E-state index in [9.17, 15) is 9.59 Å². The average molecular weight is 413 g/mol. The molecule has 1 aliphatic heterocycles. The first-order valence-electron chi connectivity index (χ1n) is 9.78. The van der Waals surface area contributed by atoms with Crippen LogP contribution < -0.4 is 10.6 Å². The first-order valence-corrected chi connectivity index (χ1v) is 10.7. The molecular formula is C22H28N4O2S. The molecule has 1 heterocycles. The van der Waals surface area contributed by atoms with E-state index in [0.29, 0.717) is 5.17 Å². The minimum atomic E-state index is -0.501. The number of amides is 2. The SMILES string of the molecule is CC1=CC(=NN=C2NC(=O)[C@H](CC(=O)Nc3cc(C)ccc3C)S2)CC(C)(C)C1. The first-order chi connectivity index (χ1) is 13.6. The summed E-state index contributed by atoms with van der Waals surface area (Å²) in [6.45, 7) is 10.4. The lowest BCUT2D eigenvalue weighted by molar-refractivity contribution is -0.122. The summed E-state index contributed by atoms with van der Waals surface area (Å²) >= 11 is 1.26. The van der Waals surface area contributed by atoms with Gasteiger partial charge in [0.05, 0.1) is 5.71 Å². The Labute approximate surface area is 176 Å². The molecule has 2 N–H and O–H groups in total. The highest BCUT2D eigenvalue weighted by molar-refractivity contribution is 8.15. The summed E-state index contributed by atoms with van der Waals surface area (Å²) in [6, 6.07) is 5.90. The van der Waals surface area contributed by atoms with Crippen LogP contribution >= 0.6 is 11.8 Å². The third-order valence-electron chi connectivity index (χ3n) is 4.91. The zero-order valence-corrected chi connectivity index (χ0v) is 18.4. The highest BCUT2D eigenvalue weighted by Gasteiger charge is 2.32. The van der Waals surface area contributed by atoms with Crippen LogP contribution in [0.25, 0.3) is 0 Å². The Balaban J connectivity index is 1.62. The van der Waals surface area contributed by atoms with E-state index >= 15 is 0 Å². The van der Waals surface area contributed by atoms with Crippen molar-refractivity contribution in [3.05, 3.63) is 41.0 Å². The summed E-state index contributed by atoms with van der Waals surface area (Å²) in [5, 5.41) is 14.1. The molecule has 1 aliphatic carbocycles. The summed E-state index contributed by atoms with van der Waals surface area (Å²) in [4.78, 5) is 24.7. The Hall–Kier alpha value is -2.41. The van der Waals surface area contributed by atoms with Gasteiger partial charge in [0.15, 0.2) is 5.17 Å². The predicted molar refractivity (Wildman–Crippen MR) is 120 cm³/mol. The average Bonchev–Trinajstić information content (AvgIpc) is 2.94. The lowest BCUT2D eigenvalue weighted by atomic mass is 9.77. The van der Waals surface area contributed by atoms with Gasteiger partial charge in [0, 0.05) is 12.1 Å². The van der Waals surface area contributed by atoms with E-state index in [1.165, 1.54) is 17.3 Å². The van der Waals surface area contributed by atoms with E-state index in [2.05, 4.69) is 47.7 Å². The van der Waals surface area contributed by atoms with Crippen molar-refractivity contribution in [2.45, 2.75) is 59.1 Å². The Kier molecular flexibility index (Phi) is 6.27. The van der Waals surface area contributed by atoms with Gasteiger partial charge >= 0.3 is 0 Å². The van der Waals surface area contributed by atoms with Gasteiger partial charge in [0.1, 0.15) is 5.25 Å². The number of rotatable bonds is 4. The first kappa shape index (κ1) is 21.3. The molecule has 0 saturated carbocycles. The minimum Gasteiger partial charge on any atom is -0.326 e. The zero-order valence-electron chi connectivity index (χ0n) is 17.6. The number of hydrogen-bond donors (Lipinski definition) is 2. The van der Waals surface area contributed by atoms with Crippen molar-refractivity contribution in [1.82, 2.24) is 5.32 Å². The maximum Gasteiger partial charge on any atom is 0.240 e. The number of nitrogens with one attached hydrogen (secondary N) is 2. The topological polar surface area (TPSA) is 82.9 Å². The maximum absolute atomic E-state index is 12.4. The van der Waals surface area contributed by atoms with Crippen LogP contribution in [-0.2, 0) is 9.59 Å². The van der Waals surface area contributed by atoms with Crippen molar-refractivity contribution in [2.24, 2.45) is 15.6 Å². The summed E-state index contributed by atoms with van der Waals surface area (Å²) in [7, 11) is 0. The molecule has 154 valence electrons. The van der Waals surface area contributed by atoms with Gasteiger partial charge in [-0.05, 0) is 62.3 Å². The van der Waals surface area contributed by atoms with E-state index in [1.807, 2.05) is 32.0 Å². The maximum atomic E-state index is 12.4. The van der Waals surface area contributed by atoms with Crippen LogP contribution in [0.15, 0.2) is 40.1 Å². The molecule has 2 amide bonds. The summed E-state index contributed by atoms with van der Waals surface area (Å²) in [6.07, 6.45) is 4.05. The highest BCUT2D eigenvalue weighted by Crippen LogP contribution is 2.34. The van der Waals surface area contributed by atoms with Gasteiger partial charge in [-0.3, -0.25) is 9.59 Å². The molecule has 0 radical (unpaired) electrons. The molecule has 6 nitrogen and oxygen atoms in total. The fourth-order valence-electron chi connectivity index (χ4n) is 3.69. The molecule has 2 aliphatic rings. The van der Waals surface area contributed by atoms with E-state index in [0.717, 1.165) is 35.4 Å². The van der Waals surface area contributed by atoms with E-state index in [1.54, 1.807) is 0 Å². The third kappa shape index (κ3) is 5.79. The quantitative estimate of drug-likeness (QED) is 0.722. The Morgan fingerprint density at radius 2 is 2.00 bits per heavy atom. The molecular weight excluding hydrogens is 384 g/mol. The van der Waals surface area contributed by atoms with Gasteiger partial charge in [-0.1, -0.05) is 43.3 Å². The molecule has 0 aromatic heterocycles. The van der Waals surface area contributed by atoms with Crippen LogP contribution in [0.2, 0.25) is 0 Å². The summed E-state index contributed by atoms with van der Waals surface area (Å²) in [5.41, 5.74) is 5.20. The number of carbonyl (C=O) groups excluding carboxylic acids is 2. The molecule has 7 heteroatoms. The minimum absolute atomic E-state index is 0.0888. The fraction of sp³-hybridized carbons (Fsp3) is 0.455. The number of allylic oxidation sites excluding steroid dienone is 2. The molecule has 0 spiro atoms. The van der Waals surface area contributed by atoms with E-state index < -0.39 is 5.25 Å². The molecule has 1 fully saturated rings. The lowest BCUT2D eigenvalue weighted by Gasteiger charge is -2.28. The normalized spacial score (nSPS) is 23.8. The molecule has 3 rings (SSSR count). The zero-order chi connectivity index (χ0) is 21.2. The fourth-order valence-corrected chi connectivity index (χ4v) is 4.61. The number of thioether (sulfide) groups is 1. The molecule has 1 saturated heterocycles. The second-order valence-electron chi connectivity index (χ2n) is 8.67. The molecule has 1 aromatic carbocycles. The van der Waals surface area contributed by atoms with Crippen LogP contribution in [0, 0.1) is 19.3 Å². The second kappa shape index (κ2) is 8.53. The monoisotopic (exact) mass is 412 g/mol. The van der Waals surface area contributed by atoms with Crippen LogP contribution in [0.1, 0.15) is 51.2 Å². The van der Waals surface area contributed by atoms with Crippen molar-refractivity contribution < 1.29 is 9.59 Å². The number of benzene rings is 1. The van der Waals surface area contributed by atoms with Gasteiger partial charge in [-0.25, -0.2) is 0 Å². The van der Waals surface area contributed by atoms with Gasteiger partial charge < -0.3 is 10.6 Å². The standard InChI is InChI=1S/C22H28N4O2S/c1-13-6-7-15(3)17(9-13)23-19(27)10-18-20(28)24-21(29-18)26-25-16-8-14(2)11-22(4,5)12-16/h6-9,18H,10-12H2,1-5H3,(H,23,27)(H,24,26,28)/t18-/m0/s1. The summed E-state index contributed by atoms with van der Waals surface area (Å²) < 4.78 is 0. The number of anilines is 1. The molecule has 0 unspecified atom stereocenters. The Bertz CT molecular complexity index is 931. The van der Waals surface area contributed by atoms with Crippen molar-refractivity contribution in [2.75, 3.05) is 5.32 Å². The molecule has 1 aromatic rings. The van der Waals surface area contributed by atoms with Crippen molar-refractivity contribution in [3.63, 3.8) is 0 Å². The Morgan fingerprint density at radius 3 is 2.72 bits per heavy atom. The number of hydrogen-bond acceptors (Lipinski definition) is 5. The van der Waals surface area contributed by atoms with Crippen LogP contribution in [0.3, 0.4) is 0 Å². The van der Waals surface area contributed by atoms with Gasteiger partial charge in [0.2, 0.25) is 11.8 Å². The number of nitrogens with zero attached hydrogens (tertiary/aromatic N) is 2. The second-order valence-corrected chi connectivity index (χ2v) is 9.86. The van der Waals surface area contributed by atoms with Gasteiger partial charge in [0.25, 0.3) is 0 Å². The van der Waals surface area contributed by atoms with Crippen molar-refractivity contribution >= 4 is 40.1 Å². The smallest absolute Gasteiger partial charge is 0.240 e. The van der Waals surface area contributed by atoms with Crippen molar-refractivity contribution in [3.8, 4) is 0 Å². The van der Waals surface area contributed by atoms with Crippen LogP contribution in [0.4, 0.5) is 5.69 Å². The largest absolute Gasteiger partial charge is 0.326 e. The van der Waals surface area contributed by atoms with E-state index in [-0.39, 0.29) is 23.7 Å². The highest BCUT2D eigenvalue weighted by atomic mass is 32.2.